The van der Waals surface area contributed by atoms with Gasteiger partial charge in [0.05, 0.1) is 58.4 Å². The molecule has 6 amide bonds. The van der Waals surface area contributed by atoms with Gasteiger partial charge in [0.1, 0.15) is 11.8 Å². The van der Waals surface area contributed by atoms with Crippen LogP contribution in [0.2, 0.25) is 5.02 Å². The molecule has 0 bridgehead atoms. The van der Waals surface area contributed by atoms with Gasteiger partial charge in [0.2, 0.25) is 29.6 Å². The normalized spacial score (nSPS) is 14.6. The van der Waals surface area contributed by atoms with Crippen molar-refractivity contribution < 1.29 is 33.5 Å². The SMILES string of the molecule is O=C(CCCCCOc1cccc2c1C(=O)N(C1CCC(=O)NC1=O)C2=O)NCCCCCC(=O)Nc1cncc(Nc2ncc(Cl)c(-c3cccc(-c4ccccc4)c3)n2)c1. The van der Waals surface area contributed by atoms with Gasteiger partial charge in [-0.1, -0.05) is 72.6 Å². The molecule has 16 heteroatoms. The van der Waals surface area contributed by atoms with E-state index in [0.717, 1.165) is 34.4 Å². The number of benzene rings is 3. The summed E-state index contributed by atoms with van der Waals surface area (Å²) < 4.78 is 5.87. The van der Waals surface area contributed by atoms with E-state index in [2.05, 4.69) is 36.2 Å². The number of ether oxygens (including phenoxy) is 1. The van der Waals surface area contributed by atoms with Crippen LogP contribution in [0.5, 0.6) is 5.75 Å². The van der Waals surface area contributed by atoms with Gasteiger partial charge < -0.3 is 20.7 Å². The van der Waals surface area contributed by atoms with Gasteiger partial charge in [-0.25, -0.2) is 9.97 Å². The van der Waals surface area contributed by atoms with E-state index in [1.807, 2.05) is 54.6 Å². The molecule has 1 atom stereocenters. The van der Waals surface area contributed by atoms with Crippen LogP contribution in [0.4, 0.5) is 17.3 Å². The Morgan fingerprint density at radius 3 is 2.34 bits per heavy atom. The maximum absolute atomic E-state index is 13.2. The molecule has 0 saturated carbocycles. The second-order valence-corrected chi connectivity index (χ2v) is 15.3. The van der Waals surface area contributed by atoms with Gasteiger partial charge in [-0.15, -0.1) is 0 Å². The lowest BCUT2D eigenvalue weighted by atomic mass is 10.0. The molecule has 15 nitrogen and oxygen atoms in total. The molecule has 1 fully saturated rings. The molecule has 4 heterocycles. The van der Waals surface area contributed by atoms with Crippen molar-refractivity contribution in [2.24, 2.45) is 0 Å². The van der Waals surface area contributed by atoms with Crippen LogP contribution < -0.4 is 26.0 Å². The number of rotatable bonds is 19. The van der Waals surface area contributed by atoms with Crippen molar-refractivity contribution >= 4 is 64.4 Å². The van der Waals surface area contributed by atoms with E-state index in [1.165, 1.54) is 6.07 Å². The van der Waals surface area contributed by atoms with Gasteiger partial charge in [-0.05, 0) is 73.9 Å². The van der Waals surface area contributed by atoms with Gasteiger partial charge in [0, 0.05) is 31.4 Å². The van der Waals surface area contributed by atoms with E-state index in [1.54, 1.807) is 36.8 Å². The summed E-state index contributed by atoms with van der Waals surface area (Å²) in [5.74, 6) is -1.93. The number of halogens is 1. The summed E-state index contributed by atoms with van der Waals surface area (Å²) in [4.78, 5) is 89.4. The first kappa shape index (κ1) is 43.1. The van der Waals surface area contributed by atoms with E-state index in [4.69, 9.17) is 16.3 Å². The smallest absolute Gasteiger partial charge is 0.266 e. The molecule has 2 aromatic heterocycles. The standard InChI is InChI=1S/C46H45ClN8O7/c47-35-28-50-46(54-42(35)31-15-10-14-30(24-31)29-12-4-1-5-13-29)52-33-25-32(26-48-27-33)51-39(57)19-6-2-8-22-49-38(56)18-7-3-9-23-62-37-17-11-16-34-41(37)45(61)55(44(34)60)36-20-21-40(58)53-43(36)59/h1,4-5,10-17,24-28,36H,2-3,6-9,18-23H2,(H,49,56)(H,51,57)(H,50,52,54)(H,53,58,59). The highest BCUT2D eigenvalue weighted by atomic mass is 35.5. The van der Waals surface area contributed by atoms with Crippen LogP contribution in [0.15, 0.2) is 97.5 Å². The fourth-order valence-electron chi connectivity index (χ4n) is 7.29. The lowest BCUT2D eigenvalue weighted by Crippen LogP contribution is -2.54. The molecule has 62 heavy (non-hydrogen) atoms. The second kappa shape index (κ2) is 20.5. The Bertz CT molecular complexity index is 2480. The minimum absolute atomic E-state index is 0.0415. The number of pyridine rings is 1. The molecule has 1 unspecified atom stereocenters. The number of fused-ring (bicyclic) bond motifs is 1. The third-order valence-electron chi connectivity index (χ3n) is 10.4. The van der Waals surface area contributed by atoms with E-state index in [-0.39, 0.29) is 48.1 Å². The Balaban J connectivity index is 0.763. The minimum Gasteiger partial charge on any atom is -0.493 e. The number of aromatic nitrogens is 3. The highest BCUT2D eigenvalue weighted by Gasteiger charge is 2.46. The van der Waals surface area contributed by atoms with Crippen LogP contribution in [0, 0.1) is 0 Å². The molecule has 3 aromatic carbocycles. The lowest BCUT2D eigenvalue weighted by Gasteiger charge is -2.27. The van der Waals surface area contributed by atoms with E-state index in [0.29, 0.717) is 73.1 Å². The van der Waals surface area contributed by atoms with Gasteiger partial charge >= 0.3 is 0 Å². The first-order chi connectivity index (χ1) is 30.1. The van der Waals surface area contributed by atoms with Crippen molar-refractivity contribution in [3.63, 3.8) is 0 Å². The first-order valence-electron chi connectivity index (χ1n) is 20.6. The fraction of sp³-hybridized carbons (Fsp3) is 0.283. The lowest BCUT2D eigenvalue weighted by molar-refractivity contribution is -0.136. The number of carbonyl (C=O) groups is 6. The summed E-state index contributed by atoms with van der Waals surface area (Å²) in [5.41, 5.74) is 4.93. The summed E-state index contributed by atoms with van der Waals surface area (Å²) in [6.45, 7) is 0.783. The van der Waals surface area contributed by atoms with E-state index in [9.17, 15) is 28.8 Å². The number of hydrogen-bond acceptors (Lipinski definition) is 11. The number of amides is 6. The Morgan fingerprint density at radius 2 is 1.52 bits per heavy atom. The molecule has 7 rings (SSSR count). The summed E-state index contributed by atoms with van der Waals surface area (Å²) in [5, 5.41) is 11.6. The van der Waals surface area contributed by atoms with Gasteiger partial charge in [-0.3, -0.25) is 44.0 Å². The summed E-state index contributed by atoms with van der Waals surface area (Å²) in [7, 11) is 0. The molecule has 0 spiro atoms. The molecular formula is C46H45ClN8O7. The highest BCUT2D eigenvalue weighted by Crippen LogP contribution is 2.34. The number of nitrogens with zero attached hydrogens (tertiary/aromatic N) is 4. The quantitative estimate of drug-likeness (QED) is 0.0481. The topological polar surface area (TPSA) is 202 Å². The van der Waals surface area contributed by atoms with Crippen molar-refractivity contribution in [1.29, 1.82) is 0 Å². The molecule has 318 valence electrons. The van der Waals surface area contributed by atoms with E-state index < -0.39 is 29.7 Å². The monoisotopic (exact) mass is 856 g/mol. The fourth-order valence-corrected chi connectivity index (χ4v) is 7.49. The third kappa shape index (κ3) is 10.8. The summed E-state index contributed by atoms with van der Waals surface area (Å²) in [6, 6.07) is 23.5. The minimum atomic E-state index is -1.05. The van der Waals surface area contributed by atoms with Crippen LogP contribution in [0.25, 0.3) is 22.4 Å². The van der Waals surface area contributed by atoms with Crippen molar-refractivity contribution in [2.75, 3.05) is 23.8 Å². The Labute approximate surface area is 363 Å². The molecule has 1 saturated heterocycles. The third-order valence-corrected chi connectivity index (χ3v) is 10.7. The summed E-state index contributed by atoms with van der Waals surface area (Å²) >= 11 is 6.52. The van der Waals surface area contributed by atoms with Crippen molar-refractivity contribution in [3.05, 3.63) is 114 Å². The number of piperidine rings is 1. The van der Waals surface area contributed by atoms with Crippen molar-refractivity contribution in [3.8, 4) is 28.1 Å². The first-order valence-corrected chi connectivity index (χ1v) is 21.0. The van der Waals surface area contributed by atoms with Gasteiger partial charge in [0.15, 0.2) is 0 Å². The second-order valence-electron chi connectivity index (χ2n) is 14.9. The van der Waals surface area contributed by atoms with E-state index >= 15 is 0 Å². The number of carbonyl (C=O) groups excluding carboxylic acids is 6. The molecule has 5 aromatic rings. The van der Waals surface area contributed by atoms with Crippen molar-refractivity contribution in [1.82, 2.24) is 30.5 Å². The highest BCUT2D eigenvalue weighted by molar-refractivity contribution is 6.33. The maximum atomic E-state index is 13.2. The van der Waals surface area contributed by atoms with Crippen LogP contribution in [0.1, 0.15) is 84.9 Å². The Hall–Kier alpha value is -7.00. The van der Waals surface area contributed by atoms with Gasteiger partial charge in [0.25, 0.3) is 11.8 Å². The number of anilines is 3. The molecular weight excluding hydrogens is 812 g/mol. The van der Waals surface area contributed by atoms with Crippen LogP contribution in [-0.2, 0) is 19.2 Å². The molecule has 2 aliphatic heterocycles. The zero-order valence-corrected chi connectivity index (χ0v) is 34.6. The molecule has 0 radical (unpaired) electrons. The van der Waals surface area contributed by atoms with Gasteiger partial charge in [-0.2, -0.15) is 0 Å². The molecule has 4 N–H and O–H groups in total. The predicted octanol–water partition coefficient (Wildman–Crippen LogP) is 7.26. The summed E-state index contributed by atoms with van der Waals surface area (Å²) in [6.07, 6.45) is 9.63. The number of hydrogen-bond donors (Lipinski definition) is 4. The average Bonchev–Trinajstić information content (AvgIpc) is 3.53. The number of unbranched alkanes of at least 4 members (excludes halogenated alkanes) is 4. The Morgan fingerprint density at radius 1 is 0.774 bits per heavy atom. The number of imide groups is 2. The number of nitrogens with one attached hydrogen (secondary N) is 4. The Kier molecular flexibility index (Phi) is 14.3. The largest absolute Gasteiger partial charge is 0.493 e. The zero-order valence-electron chi connectivity index (χ0n) is 33.8. The van der Waals surface area contributed by atoms with Crippen molar-refractivity contribution in [2.45, 2.75) is 70.3 Å². The zero-order chi connectivity index (χ0) is 43.4. The molecule has 2 aliphatic rings. The average molecular weight is 857 g/mol. The van der Waals surface area contributed by atoms with Crippen LogP contribution in [0.3, 0.4) is 0 Å². The predicted molar refractivity (Wildman–Crippen MR) is 233 cm³/mol. The maximum Gasteiger partial charge on any atom is 0.266 e. The van der Waals surface area contributed by atoms with Crippen LogP contribution in [-0.4, -0.2) is 74.5 Å². The molecule has 0 aliphatic carbocycles. The van der Waals surface area contributed by atoms with Crippen LogP contribution >= 0.6 is 11.6 Å².